The van der Waals surface area contributed by atoms with Gasteiger partial charge in [0, 0.05) is 37.1 Å². The van der Waals surface area contributed by atoms with Crippen molar-refractivity contribution >= 4 is 26.5 Å². The molecule has 8 nitrogen and oxygen atoms in total. The highest BCUT2D eigenvalue weighted by molar-refractivity contribution is 7.89. The summed E-state index contributed by atoms with van der Waals surface area (Å²) in [6.07, 6.45) is 0. The predicted molar refractivity (Wildman–Crippen MR) is 139 cm³/mol. The number of piperazine rings is 1. The Morgan fingerprint density at radius 1 is 0.857 bits per heavy atom. The van der Waals surface area contributed by atoms with Gasteiger partial charge in [0.1, 0.15) is 0 Å². The zero-order valence-corrected chi connectivity index (χ0v) is 22.5. The summed E-state index contributed by atoms with van der Waals surface area (Å²) in [5.41, 5.74) is 4.30. The maximum absolute atomic E-state index is 13.4. The Hall–Kier alpha value is -2.82. The summed E-state index contributed by atoms with van der Waals surface area (Å²) < 4.78 is 44.7. The fourth-order valence-corrected chi connectivity index (χ4v) is 7.32. The van der Waals surface area contributed by atoms with Crippen LogP contribution in [-0.4, -0.2) is 65.2 Å². The zero-order valence-electron chi connectivity index (χ0n) is 20.9. The number of nitrogens with zero attached hydrogens (tertiary/aromatic N) is 3. The van der Waals surface area contributed by atoms with E-state index in [0.717, 1.165) is 33.1 Å². The van der Waals surface area contributed by atoms with E-state index in [9.17, 15) is 8.42 Å². The van der Waals surface area contributed by atoms with Crippen LogP contribution in [0, 0.1) is 20.8 Å². The van der Waals surface area contributed by atoms with Crippen molar-refractivity contribution in [2.45, 2.75) is 25.7 Å². The van der Waals surface area contributed by atoms with Gasteiger partial charge in [0.05, 0.1) is 31.9 Å². The standard InChI is InChI=1S/C25H31N3O5S2/c1-16-11-17(2)24(18(3)12-16)35(29,30)28-9-7-27(8-10-28)25-26-20(15-34-25)19-13-21(31-4)23(33-6)22(14-19)32-5/h11-15H,7-10H2,1-6H3. The minimum atomic E-state index is -3.56. The normalized spacial score (nSPS) is 14.7. The molecule has 0 N–H and O–H groups in total. The lowest BCUT2D eigenvalue weighted by Gasteiger charge is -2.34. The second-order valence-electron chi connectivity index (χ2n) is 8.55. The highest BCUT2D eigenvalue weighted by Crippen LogP contribution is 2.42. The van der Waals surface area contributed by atoms with Crippen molar-refractivity contribution in [1.29, 1.82) is 0 Å². The fraction of sp³-hybridized carbons (Fsp3) is 0.400. The summed E-state index contributed by atoms with van der Waals surface area (Å²) >= 11 is 1.53. The molecule has 0 atom stereocenters. The molecule has 0 bridgehead atoms. The summed E-state index contributed by atoms with van der Waals surface area (Å²) in [6, 6.07) is 7.60. The Morgan fingerprint density at radius 2 is 1.43 bits per heavy atom. The number of sulfonamides is 1. The van der Waals surface area contributed by atoms with Crippen LogP contribution in [0.1, 0.15) is 16.7 Å². The molecule has 0 radical (unpaired) electrons. The molecule has 0 saturated carbocycles. The first-order valence-corrected chi connectivity index (χ1v) is 13.6. The van der Waals surface area contributed by atoms with E-state index in [4.69, 9.17) is 19.2 Å². The van der Waals surface area contributed by atoms with Crippen molar-refractivity contribution in [1.82, 2.24) is 9.29 Å². The first-order chi connectivity index (χ1) is 16.7. The van der Waals surface area contributed by atoms with E-state index in [1.807, 2.05) is 50.4 Å². The molecule has 1 aliphatic rings. The summed E-state index contributed by atoms with van der Waals surface area (Å²) in [5, 5.41) is 2.84. The van der Waals surface area contributed by atoms with Crippen molar-refractivity contribution in [3.8, 4) is 28.5 Å². The lowest BCUT2D eigenvalue weighted by Crippen LogP contribution is -2.48. The van der Waals surface area contributed by atoms with Gasteiger partial charge in [-0.15, -0.1) is 11.3 Å². The number of aromatic nitrogens is 1. The largest absolute Gasteiger partial charge is 0.493 e. The molecule has 10 heteroatoms. The quantitative estimate of drug-likeness (QED) is 0.463. The van der Waals surface area contributed by atoms with Crippen LogP contribution in [0.25, 0.3) is 11.3 Å². The molecule has 188 valence electrons. The second-order valence-corrected chi connectivity index (χ2v) is 11.3. The molecule has 0 amide bonds. The number of rotatable bonds is 7. The van der Waals surface area contributed by atoms with Crippen molar-refractivity contribution < 1.29 is 22.6 Å². The highest BCUT2D eigenvalue weighted by Gasteiger charge is 2.31. The van der Waals surface area contributed by atoms with E-state index >= 15 is 0 Å². The minimum absolute atomic E-state index is 0.411. The molecule has 2 heterocycles. The van der Waals surface area contributed by atoms with Gasteiger partial charge < -0.3 is 19.1 Å². The maximum Gasteiger partial charge on any atom is 0.243 e. The number of ether oxygens (including phenoxy) is 3. The summed E-state index contributed by atoms with van der Waals surface area (Å²) in [6.45, 7) is 7.68. The van der Waals surface area contributed by atoms with E-state index in [0.29, 0.717) is 48.3 Å². The summed E-state index contributed by atoms with van der Waals surface area (Å²) in [5.74, 6) is 1.67. The highest BCUT2D eigenvalue weighted by atomic mass is 32.2. The first kappa shape index (κ1) is 25.3. The van der Waals surface area contributed by atoms with Gasteiger partial charge in [-0.25, -0.2) is 13.4 Å². The van der Waals surface area contributed by atoms with Crippen molar-refractivity contribution in [2.24, 2.45) is 0 Å². The van der Waals surface area contributed by atoms with Gasteiger partial charge in [0.2, 0.25) is 15.8 Å². The molecular formula is C25H31N3O5S2. The second kappa shape index (κ2) is 10.0. The van der Waals surface area contributed by atoms with Crippen LogP contribution in [0.3, 0.4) is 0 Å². The van der Waals surface area contributed by atoms with E-state index < -0.39 is 10.0 Å². The molecule has 0 spiro atoms. The third-order valence-electron chi connectivity index (χ3n) is 6.16. The van der Waals surface area contributed by atoms with Crippen LogP contribution in [0.5, 0.6) is 17.2 Å². The maximum atomic E-state index is 13.4. The topological polar surface area (TPSA) is 81.2 Å². The lowest BCUT2D eigenvalue weighted by atomic mass is 10.1. The van der Waals surface area contributed by atoms with Gasteiger partial charge in [0.25, 0.3) is 0 Å². The average Bonchev–Trinajstić information content (AvgIpc) is 3.32. The molecule has 1 fully saturated rings. The van der Waals surface area contributed by atoms with E-state index in [1.54, 1.807) is 25.6 Å². The Balaban J connectivity index is 1.52. The number of anilines is 1. The number of methoxy groups -OCH3 is 3. The summed E-state index contributed by atoms with van der Waals surface area (Å²) in [7, 11) is 1.18. The van der Waals surface area contributed by atoms with Crippen LogP contribution in [0.4, 0.5) is 5.13 Å². The van der Waals surface area contributed by atoms with E-state index in [1.165, 1.54) is 11.3 Å². The van der Waals surface area contributed by atoms with Crippen LogP contribution in [-0.2, 0) is 10.0 Å². The molecule has 35 heavy (non-hydrogen) atoms. The Morgan fingerprint density at radius 3 is 1.94 bits per heavy atom. The molecule has 1 aromatic heterocycles. The fourth-order valence-electron chi connectivity index (χ4n) is 4.59. The van der Waals surface area contributed by atoms with Gasteiger partial charge >= 0.3 is 0 Å². The molecule has 1 aliphatic heterocycles. The van der Waals surface area contributed by atoms with E-state index in [-0.39, 0.29) is 0 Å². The van der Waals surface area contributed by atoms with E-state index in [2.05, 4.69) is 4.90 Å². The number of aryl methyl sites for hydroxylation is 3. The van der Waals surface area contributed by atoms with Crippen molar-refractivity contribution in [3.05, 3.63) is 46.3 Å². The molecule has 0 aliphatic carbocycles. The minimum Gasteiger partial charge on any atom is -0.493 e. The summed E-state index contributed by atoms with van der Waals surface area (Å²) in [4.78, 5) is 7.38. The third kappa shape index (κ3) is 4.82. The van der Waals surface area contributed by atoms with Gasteiger partial charge in [0.15, 0.2) is 16.6 Å². The van der Waals surface area contributed by atoms with Gasteiger partial charge in [-0.1, -0.05) is 17.7 Å². The van der Waals surface area contributed by atoms with Gasteiger partial charge in [-0.05, 0) is 44.0 Å². The molecule has 4 rings (SSSR count). The van der Waals surface area contributed by atoms with Crippen molar-refractivity contribution in [2.75, 3.05) is 52.4 Å². The Kier molecular flexibility index (Phi) is 7.25. The molecule has 3 aromatic rings. The van der Waals surface area contributed by atoms with Gasteiger partial charge in [-0.2, -0.15) is 4.31 Å². The molecule has 2 aromatic carbocycles. The van der Waals surface area contributed by atoms with Crippen molar-refractivity contribution in [3.63, 3.8) is 0 Å². The molecule has 0 unspecified atom stereocenters. The SMILES string of the molecule is COc1cc(-c2csc(N3CCN(S(=O)(=O)c4c(C)cc(C)cc4C)CC3)n2)cc(OC)c1OC. The average molecular weight is 518 g/mol. The number of hydrogen-bond donors (Lipinski definition) is 0. The van der Waals surface area contributed by atoms with Crippen LogP contribution in [0.2, 0.25) is 0 Å². The van der Waals surface area contributed by atoms with Crippen LogP contribution >= 0.6 is 11.3 Å². The molecule has 1 saturated heterocycles. The van der Waals surface area contributed by atoms with Crippen LogP contribution in [0.15, 0.2) is 34.5 Å². The predicted octanol–water partition coefficient (Wildman–Crippen LogP) is 4.27. The third-order valence-corrected chi connectivity index (χ3v) is 9.27. The number of thiazole rings is 1. The Labute approximate surface area is 211 Å². The lowest BCUT2D eigenvalue weighted by molar-refractivity contribution is 0.324. The van der Waals surface area contributed by atoms with Gasteiger partial charge in [-0.3, -0.25) is 0 Å². The first-order valence-electron chi connectivity index (χ1n) is 11.3. The monoisotopic (exact) mass is 517 g/mol. The number of benzene rings is 2. The zero-order chi connectivity index (χ0) is 25.3. The number of hydrogen-bond acceptors (Lipinski definition) is 8. The van der Waals surface area contributed by atoms with Crippen LogP contribution < -0.4 is 19.1 Å². The smallest absolute Gasteiger partial charge is 0.243 e. The molecular weight excluding hydrogens is 486 g/mol. The Bertz CT molecular complexity index is 1280.